The average molecular weight is 221 g/mol. The predicted molar refractivity (Wildman–Crippen MR) is 66.5 cm³/mol. The summed E-state index contributed by atoms with van der Waals surface area (Å²) in [5.74, 6) is 1.04. The molecule has 0 bridgehead atoms. The lowest BCUT2D eigenvalue weighted by molar-refractivity contribution is 0.522. The fourth-order valence-corrected chi connectivity index (χ4v) is 2.09. The summed E-state index contributed by atoms with van der Waals surface area (Å²) in [5.41, 5.74) is 2.40. The van der Waals surface area contributed by atoms with Crippen molar-refractivity contribution in [3.8, 4) is 0 Å². The zero-order chi connectivity index (χ0) is 11.4. The normalized spacial score (nSPS) is 15.6. The van der Waals surface area contributed by atoms with E-state index in [2.05, 4.69) is 35.0 Å². The molecule has 0 radical (unpaired) electrons. The van der Waals surface area contributed by atoms with Gasteiger partial charge in [0.15, 0.2) is 0 Å². The zero-order valence-corrected chi connectivity index (χ0v) is 10.5. The molecule has 1 N–H and O–H groups in total. The molecule has 1 saturated carbocycles. The molecule has 3 heteroatoms. The Kier molecular flexibility index (Phi) is 3.99. The number of nitrogens with zero attached hydrogens (tertiary/aromatic N) is 2. The van der Waals surface area contributed by atoms with E-state index in [4.69, 9.17) is 0 Å². The van der Waals surface area contributed by atoms with Gasteiger partial charge in [-0.25, -0.2) is 0 Å². The van der Waals surface area contributed by atoms with Crippen LogP contribution in [0.2, 0.25) is 0 Å². The van der Waals surface area contributed by atoms with Crippen LogP contribution >= 0.6 is 0 Å². The van der Waals surface area contributed by atoms with Crippen molar-refractivity contribution in [2.45, 2.75) is 46.1 Å². The Labute approximate surface area is 98.2 Å². The van der Waals surface area contributed by atoms with Crippen molar-refractivity contribution in [3.63, 3.8) is 0 Å². The maximum atomic E-state index is 4.46. The fourth-order valence-electron chi connectivity index (χ4n) is 2.09. The van der Waals surface area contributed by atoms with Crippen LogP contribution in [-0.4, -0.2) is 22.9 Å². The Hall–Kier alpha value is -0.830. The van der Waals surface area contributed by atoms with Gasteiger partial charge in [-0.1, -0.05) is 12.8 Å². The molecule has 1 aromatic heterocycles. The molecule has 0 amide bonds. The van der Waals surface area contributed by atoms with Gasteiger partial charge in [-0.2, -0.15) is 5.10 Å². The molecule has 1 fully saturated rings. The van der Waals surface area contributed by atoms with Gasteiger partial charge in [-0.05, 0) is 51.8 Å². The molecular weight excluding hydrogens is 198 g/mol. The van der Waals surface area contributed by atoms with Crippen LogP contribution in [0.3, 0.4) is 0 Å². The highest BCUT2D eigenvalue weighted by Crippen LogP contribution is 2.31. The van der Waals surface area contributed by atoms with Crippen molar-refractivity contribution < 1.29 is 0 Å². The highest BCUT2D eigenvalue weighted by molar-refractivity contribution is 5.06. The van der Waals surface area contributed by atoms with Crippen molar-refractivity contribution in [1.82, 2.24) is 15.1 Å². The zero-order valence-electron chi connectivity index (χ0n) is 10.5. The maximum absolute atomic E-state index is 4.46. The number of aromatic nitrogens is 2. The minimum atomic E-state index is 1.04. The van der Waals surface area contributed by atoms with E-state index >= 15 is 0 Å². The number of hydrogen-bond acceptors (Lipinski definition) is 2. The third-order valence-corrected chi connectivity index (χ3v) is 3.25. The van der Waals surface area contributed by atoms with Crippen LogP contribution in [0.15, 0.2) is 6.07 Å². The number of nitrogens with one attached hydrogen (secondary N) is 1. The lowest BCUT2D eigenvalue weighted by atomic mass is 10.3. The molecule has 90 valence electrons. The second-order valence-electron chi connectivity index (χ2n) is 4.99. The minimum absolute atomic E-state index is 1.04. The number of aryl methyl sites for hydroxylation is 3. The van der Waals surface area contributed by atoms with Crippen molar-refractivity contribution >= 4 is 0 Å². The van der Waals surface area contributed by atoms with Gasteiger partial charge in [0.1, 0.15) is 0 Å². The summed E-state index contributed by atoms with van der Waals surface area (Å²) in [5, 5.41) is 7.97. The van der Waals surface area contributed by atoms with E-state index in [1.165, 1.54) is 37.9 Å². The molecular formula is C13H23N3. The van der Waals surface area contributed by atoms with Crippen molar-refractivity contribution in [2.75, 3.05) is 13.1 Å². The van der Waals surface area contributed by atoms with Gasteiger partial charge in [0.2, 0.25) is 0 Å². The van der Waals surface area contributed by atoms with E-state index in [1.807, 2.05) is 0 Å². The predicted octanol–water partition coefficient (Wildman–Crippen LogP) is 2.28. The lowest BCUT2D eigenvalue weighted by Crippen LogP contribution is -2.19. The Morgan fingerprint density at radius 3 is 2.81 bits per heavy atom. The van der Waals surface area contributed by atoms with Crippen LogP contribution in [0.25, 0.3) is 0 Å². The van der Waals surface area contributed by atoms with Gasteiger partial charge in [0.05, 0.1) is 5.69 Å². The van der Waals surface area contributed by atoms with E-state index in [0.29, 0.717) is 0 Å². The van der Waals surface area contributed by atoms with Crippen LogP contribution in [0.4, 0.5) is 0 Å². The van der Waals surface area contributed by atoms with E-state index in [1.54, 1.807) is 0 Å². The SMILES string of the molecule is Cc1cc(C)n(CCCNCCC2CC2)n1. The van der Waals surface area contributed by atoms with Gasteiger partial charge < -0.3 is 5.32 Å². The lowest BCUT2D eigenvalue weighted by Gasteiger charge is -2.05. The highest BCUT2D eigenvalue weighted by atomic mass is 15.3. The molecule has 2 rings (SSSR count). The molecule has 3 nitrogen and oxygen atoms in total. The monoisotopic (exact) mass is 221 g/mol. The van der Waals surface area contributed by atoms with Crippen LogP contribution in [0.1, 0.15) is 37.1 Å². The van der Waals surface area contributed by atoms with Crippen molar-refractivity contribution in [1.29, 1.82) is 0 Å². The maximum Gasteiger partial charge on any atom is 0.0596 e. The molecule has 16 heavy (non-hydrogen) atoms. The van der Waals surface area contributed by atoms with Gasteiger partial charge in [-0.15, -0.1) is 0 Å². The van der Waals surface area contributed by atoms with Gasteiger partial charge >= 0.3 is 0 Å². The largest absolute Gasteiger partial charge is 0.317 e. The summed E-state index contributed by atoms with van der Waals surface area (Å²) >= 11 is 0. The Balaban J connectivity index is 1.54. The second kappa shape index (κ2) is 5.48. The number of hydrogen-bond donors (Lipinski definition) is 1. The Bertz CT molecular complexity index is 326. The highest BCUT2D eigenvalue weighted by Gasteiger charge is 2.19. The topological polar surface area (TPSA) is 29.9 Å². The summed E-state index contributed by atoms with van der Waals surface area (Å²) in [6.07, 6.45) is 5.48. The van der Waals surface area contributed by atoms with Crippen LogP contribution in [0.5, 0.6) is 0 Å². The van der Waals surface area contributed by atoms with Crippen LogP contribution in [0, 0.1) is 19.8 Å². The molecule has 1 heterocycles. The van der Waals surface area contributed by atoms with Crippen LogP contribution in [-0.2, 0) is 6.54 Å². The first-order valence-electron chi connectivity index (χ1n) is 6.47. The number of rotatable bonds is 7. The quantitative estimate of drug-likeness (QED) is 0.716. The molecule has 0 spiro atoms. The molecule has 1 aromatic rings. The molecule has 0 aliphatic heterocycles. The van der Waals surface area contributed by atoms with Gasteiger partial charge in [0.25, 0.3) is 0 Å². The summed E-state index contributed by atoms with van der Waals surface area (Å²) in [7, 11) is 0. The Morgan fingerprint density at radius 2 is 2.19 bits per heavy atom. The summed E-state index contributed by atoms with van der Waals surface area (Å²) < 4.78 is 2.11. The molecule has 1 aliphatic carbocycles. The molecule has 0 unspecified atom stereocenters. The summed E-state index contributed by atoms with van der Waals surface area (Å²) in [6.45, 7) is 7.53. The minimum Gasteiger partial charge on any atom is -0.317 e. The standard InChI is InChI=1S/C13H23N3/c1-11-10-12(2)16(15-11)9-3-7-14-8-6-13-4-5-13/h10,13-14H,3-9H2,1-2H3. The third kappa shape index (κ3) is 3.63. The van der Waals surface area contributed by atoms with Crippen molar-refractivity contribution in [3.05, 3.63) is 17.5 Å². The molecule has 0 aromatic carbocycles. The molecule has 1 aliphatic rings. The first kappa shape index (κ1) is 11.6. The van der Waals surface area contributed by atoms with E-state index in [-0.39, 0.29) is 0 Å². The third-order valence-electron chi connectivity index (χ3n) is 3.25. The molecule has 0 saturated heterocycles. The smallest absolute Gasteiger partial charge is 0.0596 e. The van der Waals surface area contributed by atoms with E-state index in [9.17, 15) is 0 Å². The van der Waals surface area contributed by atoms with E-state index in [0.717, 1.165) is 24.7 Å². The average Bonchev–Trinajstić information content (AvgIpc) is 2.99. The first-order chi connectivity index (χ1) is 7.75. The van der Waals surface area contributed by atoms with Crippen LogP contribution < -0.4 is 5.32 Å². The second-order valence-corrected chi connectivity index (χ2v) is 4.99. The summed E-state index contributed by atoms with van der Waals surface area (Å²) in [4.78, 5) is 0. The Morgan fingerprint density at radius 1 is 1.38 bits per heavy atom. The fraction of sp³-hybridized carbons (Fsp3) is 0.769. The first-order valence-corrected chi connectivity index (χ1v) is 6.47. The molecule has 0 atom stereocenters. The van der Waals surface area contributed by atoms with Crippen molar-refractivity contribution in [2.24, 2.45) is 5.92 Å². The van der Waals surface area contributed by atoms with E-state index < -0.39 is 0 Å². The van der Waals surface area contributed by atoms with Gasteiger partial charge in [0, 0.05) is 12.2 Å². The van der Waals surface area contributed by atoms with Gasteiger partial charge in [-0.3, -0.25) is 4.68 Å². The summed E-state index contributed by atoms with van der Waals surface area (Å²) in [6, 6.07) is 2.14.